The van der Waals surface area contributed by atoms with E-state index in [0.29, 0.717) is 31.0 Å². The fourth-order valence-corrected chi connectivity index (χ4v) is 2.04. The predicted octanol–water partition coefficient (Wildman–Crippen LogP) is 4.38. The number of hydrogen-bond donors (Lipinski definition) is 2. The van der Waals surface area contributed by atoms with Gasteiger partial charge in [0.05, 0.1) is 11.6 Å². The number of ether oxygens (including phenoxy) is 2. The van der Waals surface area contributed by atoms with Gasteiger partial charge < -0.3 is 19.9 Å². The molecule has 0 spiro atoms. The maximum atomic E-state index is 11.4. The van der Waals surface area contributed by atoms with Crippen molar-refractivity contribution in [2.45, 2.75) is 39.2 Å². The number of halogens is 2. The van der Waals surface area contributed by atoms with E-state index in [1.165, 1.54) is 12.1 Å². The number of benzene rings is 1. The minimum atomic E-state index is -0.504. The van der Waals surface area contributed by atoms with Gasteiger partial charge in [0.15, 0.2) is 5.75 Å². The van der Waals surface area contributed by atoms with Gasteiger partial charge in [0.25, 0.3) is 0 Å². The molecule has 0 aliphatic heterocycles. The maximum absolute atomic E-state index is 11.4. The van der Waals surface area contributed by atoms with Gasteiger partial charge in [-0.1, -0.05) is 23.2 Å². The van der Waals surface area contributed by atoms with E-state index in [0.717, 1.165) is 0 Å². The number of phenolic OH excluding ortho intramolecular Hbond substituents is 1. The van der Waals surface area contributed by atoms with Crippen LogP contribution in [-0.4, -0.2) is 30.0 Å². The van der Waals surface area contributed by atoms with E-state index in [9.17, 15) is 9.90 Å². The quantitative estimate of drug-likeness (QED) is 0.747. The van der Waals surface area contributed by atoms with Crippen molar-refractivity contribution in [1.82, 2.24) is 5.32 Å². The highest BCUT2D eigenvalue weighted by Gasteiger charge is 2.15. The van der Waals surface area contributed by atoms with Crippen LogP contribution in [0.5, 0.6) is 11.5 Å². The summed E-state index contributed by atoms with van der Waals surface area (Å²) in [5.74, 6) is 0.191. The molecule has 2 N–H and O–H groups in total. The van der Waals surface area contributed by atoms with Crippen molar-refractivity contribution in [3.05, 3.63) is 22.2 Å². The molecular formula is C15H21Cl2NO4. The van der Waals surface area contributed by atoms with Crippen LogP contribution in [0.15, 0.2) is 12.1 Å². The number of phenols is 1. The van der Waals surface area contributed by atoms with Crippen LogP contribution in [0.25, 0.3) is 0 Å². The molecule has 1 aromatic carbocycles. The summed E-state index contributed by atoms with van der Waals surface area (Å²) >= 11 is 11.9. The molecule has 0 radical (unpaired) electrons. The van der Waals surface area contributed by atoms with Gasteiger partial charge in [-0.25, -0.2) is 4.79 Å². The zero-order chi connectivity index (χ0) is 16.8. The van der Waals surface area contributed by atoms with Crippen LogP contribution < -0.4 is 10.1 Å². The molecule has 0 saturated heterocycles. The summed E-state index contributed by atoms with van der Waals surface area (Å²) < 4.78 is 10.6. The first-order valence-electron chi connectivity index (χ1n) is 6.97. The molecule has 0 fully saturated rings. The highest BCUT2D eigenvalue weighted by atomic mass is 35.5. The third-order valence-corrected chi connectivity index (χ3v) is 3.18. The topological polar surface area (TPSA) is 67.8 Å². The minimum absolute atomic E-state index is 0.0762. The molecule has 0 heterocycles. The summed E-state index contributed by atoms with van der Waals surface area (Å²) in [4.78, 5) is 11.4. The van der Waals surface area contributed by atoms with E-state index < -0.39 is 11.7 Å². The van der Waals surface area contributed by atoms with E-state index >= 15 is 0 Å². The van der Waals surface area contributed by atoms with Crippen LogP contribution in [0, 0.1) is 0 Å². The summed E-state index contributed by atoms with van der Waals surface area (Å²) in [7, 11) is 0. The lowest BCUT2D eigenvalue weighted by molar-refractivity contribution is 0.0526. The van der Waals surface area contributed by atoms with E-state index in [1.807, 2.05) is 20.8 Å². The lowest BCUT2D eigenvalue weighted by Gasteiger charge is -2.19. The third kappa shape index (κ3) is 6.62. The number of hydrogen-bond acceptors (Lipinski definition) is 4. The van der Waals surface area contributed by atoms with Crippen LogP contribution in [0.3, 0.4) is 0 Å². The van der Waals surface area contributed by atoms with E-state index in [4.69, 9.17) is 32.7 Å². The van der Waals surface area contributed by atoms with Crippen molar-refractivity contribution in [3.63, 3.8) is 0 Å². The number of aromatic hydroxyl groups is 1. The van der Waals surface area contributed by atoms with Crippen LogP contribution in [0.4, 0.5) is 4.79 Å². The molecule has 1 aromatic rings. The van der Waals surface area contributed by atoms with Gasteiger partial charge in [-0.05, 0) is 45.7 Å². The second kappa shape index (κ2) is 8.34. The van der Waals surface area contributed by atoms with Gasteiger partial charge in [-0.3, -0.25) is 0 Å². The lowest BCUT2D eigenvalue weighted by atomic mass is 10.2. The molecule has 5 nitrogen and oxygen atoms in total. The molecule has 1 amide bonds. The summed E-state index contributed by atoms with van der Waals surface area (Å²) in [6, 6.07) is 2.92. The minimum Gasteiger partial charge on any atom is -0.506 e. The zero-order valence-electron chi connectivity index (χ0n) is 12.9. The molecule has 0 saturated carbocycles. The Morgan fingerprint density at radius 3 is 2.59 bits per heavy atom. The van der Waals surface area contributed by atoms with Crippen LogP contribution in [0.2, 0.25) is 10.0 Å². The van der Waals surface area contributed by atoms with Crippen molar-refractivity contribution in [3.8, 4) is 11.5 Å². The number of nitrogens with one attached hydrogen (secondary N) is 1. The Hall–Kier alpha value is -1.33. The van der Waals surface area contributed by atoms with Gasteiger partial charge in [0.1, 0.15) is 16.4 Å². The molecular weight excluding hydrogens is 329 g/mol. The summed E-state index contributed by atoms with van der Waals surface area (Å²) in [6.07, 6.45) is 0.971. The Kier molecular flexibility index (Phi) is 7.10. The van der Waals surface area contributed by atoms with E-state index in [1.54, 1.807) is 0 Å². The second-order valence-electron chi connectivity index (χ2n) is 5.69. The van der Waals surface area contributed by atoms with Crippen molar-refractivity contribution in [2.75, 3.05) is 13.2 Å². The predicted molar refractivity (Wildman–Crippen MR) is 87.1 cm³/mol. The molecule has 0 aromatic heterocycles. The van der Waals surface area contributed by atoms with Gasteiger partial charge in [0.2, 0.25) is 0 Å². The average molecular weight is 350 g/mol. The molecule has 0 unspecified atom stereocenters. The van der Waals surface area contributed by atoms with E-state index in [-0.39, 0.29) is 16.5 Å². The van der Waals surface area contributed by atoms with Gasteiger partial charge in [-0.2, -0.15) is 0 Å². The summed E-state index contributed by atoms with van der Waals surface area (Å²) in [5, 5.41) is 12.6. The van der Waals surface area contributed by atoms with Crippen LogP contribution >= 0.6 is 23.2 Å². The number of alkyl carbamates (subject to hydrolysis) is 1. The van der Waals surface area contributed by atoms with Gasteiger partial charge >= 0.3 is 6.09 Å². The smallest absolute Gasteiger partial charge is 0.407 e. The molecule has 0 aliphatic rings. The van der Waals surface area contributed by atoms with Crippen molar-refractivity contribution in [2.24, 2.45) is 0 Å². The largest absolute Gasteiger partial charge is 0.506 e. The second-order valence-corrected chi connectivity index (χ2v) is 6.48. The first-order chi connectivity index (χ1) is 10.2. The Morgan fingerprint density at radius 1 is 1.27 bits per heavy atom. The molecule has 0 aliphatic carbocycles. The third-order valence-electron chi connectivity index (χ3n) is 2.51. The first-order valence-corrected chi connectivity index (χ1v) is 7.73. The first kappa shape index (κ1) is 18.7. The fourth-order valence-electron chi connectivity index (χ4n) is 1.56. The van der Waals surface area contributed by atoms with Crippen molar-refractivity contribution in [1.29, 1.82) is 0 Å². The Morgan fingerprint density at radius 2 is 1.95 bits per heavy atom. The summed E-state index contributed by atoms with van der Waals surface area (Å²) in [6.45, 7) is 6.29. The summed E-state index contributed by atoms with van der Waals surface area (Å²) in [5.41, 5.74) is -0.504. The number of rotatable bonds is 6. The van der Waals surface area contributed by atoms with E-state index in [2.05, 4.69) is 5.32 Å². The number of amides is 1. The van der Waals surface area contributed by atoms with Crippen molar-refractivity contribution < 1.29 is 19.4 Å². The normalized spacial score (nSPS) is 11.1. The Balaban J connectivity index is 2.24. The van der Waals surface area contributed by atoms with Crippen LogP contribution in [0.1, 0.15) is 33.6 Å². The monoisotopic (exact) mass is 349 g/mol. The number of carbonyl (C=O) groups is 1. The molecule has 0 atom stereocenters. The van der Waals surface area contributed by atoms with Gasteiger partial charge in [0, 0.05) is 6.54 Å². The molecule has 22 heavy (non-hydrogen) atoms. The van der Waals surface area contributed by atoms with Crippen molar-refractivity contribution >= 4 is 29.3 Å². The number of unbranched alkanes of at least 4 members (excludes halogenated alkanes) is 1. The highest BCUT2D eigenvalue weighted by molar-refractivity contribution is 6.38. The van der Waals surface area contributed by atoms with Gasteiger partial charge in [-0.15, -0.1) is 0 Å². The molecule has 124 valence electrons. The molecule has 0 bridgehead atoms. The maximum Gasteiger partial charge on any atom is 0.407 e. The fraction of sp³-hybridized carbons (Fsp3) is 0.533. The Bertz CT molecular complexity index is 515. The standard InChI is InChI=1S/C15H21Cl2NO4/c1-15(2,3)22-14(20)18-8-4-5-9-21-13-10(16)6-7-11(19)12(13)17/h6-7,19H,4-5,8-9H2,1-3H3,(H,18,20). The highest BCUT2D eigenvalue weighted by Crippen LogP contribution is 2.38. The Labute approximate surface area is 140 Å². The molecule has 7 heteroatoms. The zero-order valence-corrected chi connectivity index (χ0v) is 14.4. The molecule has 1 rings (SSSR count). The number of carbonyl (C=O) groups excluding carboxylic acids is 1. The van der Waals surface area contributed by atoms with Crippen LogP contribution in [-0.2, 0) is 4.74 Å². The SMILES string of the molecule is CC(C)(C)OC(=O)NCCCCOc1c(Cl)ccc(O)c1Cl. The lowest BCUT2D eigenvalue weighted by Crippen LogP contribution is -2.33. The average Bonchev–Trinajstić information content (AvgIpc) is 2.39.